The van der Waals surface area contributed by atoms with E-state index in [4.69, 9.17) is 0 Å². The lowest BCUT2D eigenvalue weighted by molar-refractivity contribution is 0.240. The van der Waals surface area contributed by atoms with Gasteiger partial charge in [0.05, 0.1) is 0 Å². The number of carbonyl (C=O) groups excluding carboxylic acids is 1. The second-order valence-corrected chi connectivity index (χ2v) is 5.53. The third kappa shape index (κ3) is 5.19. The van der Waals surface area contributed by atoms with Crippen molar-refractivity contribution in [2.24, 2.45) is 5.92 Å². The van der Waals surface area contributed by atoms with Crippen LogP contribution in [-0.2, 0) is 6.54 Å². The molecular formula is C16H23FN2O. The summed E-state index contributed by atoms with van der Waals surface area (Å²) in [6.45, 7) is 1.15. The summed E-state index contributed by atoms with van der Waals surface area (Å²) < 4.78 is 12.7. The van der Waals surface area contributed by atoms with Crippen molar-refractivity contribution >= 4 is 6.03 Å². The van der Waals surface area contributed by atoms with Crippen LogP contribution in [0.5, 0.6) is 0 Å². The molecule has 0 aliphatic heterocycles. The van der Waals surface area contributed by atoms with Gasteiger partial charge in [-0.2, -0.15) is 0 Å². The predicted molar refractivity (Wildman–Crippen MR) is 77.8 cm³/mol. The summed E-state index contributed by atoms with van der Waals surface area (Å²) in [6.07, 6.45) is 7.73. The van der Waals surface area contributed by atoms with Crippen LogP contribution in [0.3, 0.4) is 0 Å². The lowest BCUT2D eigenvalue weighted by atomic mass is 10.0. The molecule has 0 spiro atoms. The summed E-state index contributed by atoms with van der Waals surface area (Å²) in [4.78, 5) is 11.6. The number of amides is 2. The van der Waals surface area contributed by atoms with E-state index in [2.05, 4.69) is 10.6 Å². The lowest BCUT2D eigenvalue weighted by Crippen LogP contribution is -2.35. The molecule has 2 rings (SSSR count). The Labute approximate surface area is 120 Å². The Balaban J connectivity index is 1.54. The molecule has 0 unspecified atom stereocenters. The van der Waals surface area contributed by atoms with Gasteiger partial charge in [0.2, 0.25) is 0 Å². The fourth-order valence-electron chi connectivity index (χ4n) is 2.74. The molecule has 0 saturated heterocycles. The molecule has 2 amide bonds. The van der Waals surface area contributed by atoms with E-state index in [1.807, 2.05) is 0 Å². The second kappa shape index (κ2) is 7.88. The Morgan fingerprint density at radius 3 is 2.55 bits per heavy atom. The van der Waals surface area contributed by atoms with Crippen LogP contribution in [0.4, 0.5) is 9.18 Å². The van der Waals surface area contributed by atoms with Gasteiger partial charge in [0.15, 0.2) is 0 Å². The van der Waals surface area contributed by atoms with Gasteiger partial charge in [-0.25, -0.2) is 9.18 Å². The molecule has 1 aliphatic carbocycles. The van der Waals surface area contributed by atoms with Gasteiger partial charge in [0.1, 0.15) is 5.82 Å². The number of rotatable bonds is 6. The van der Waals surface area contributed by atoms with Gasteiger partial charge in [-0.15, -0.1) is 0 Å². The zero-order valence-electron chi connectivity index (χ0n) is 11.8. The van der Waals surface area contributed by atoms with Gasteiger partial charge in [-0.05, 0) is 36.5 Å². The molecular weight excluding hydrogens is 255 g/mol. The first-order chi connectivity index (χ1) is 9.74. The number of halogens is 1. The second-order valence-electron chi connectivity index (χ2n) is 5.53. The zero-order chi connectivity index (χ0) is 14.2. The van der Waals surface area contributed by atoms with Crippen molar-refractivity contribution in [3.8, 4) is 0 Å². The third-order valence-corrected chi connectivity index (χ3v) is 3.92. The Morgan fingerprint density at radius 1 is 1.15 bits per heavy atom. The minimum absolute atomic E-state index is 0.152. The maximum atomic E-state index is 12.7. The highest BCUT2D eigenvalue weighted by Gasteiger charge is 2.14. The monoisotopic (exact) mass is 278 g/mol. The highest BCUT2D eigenvalue weighted by atomic mass is 19.1. The average molecular weight is 278 g/mol. The molecule has 0 atom stereocenters. The van der Waals surface area contributed by atoms with Crippen molar-refractivity contribution in [3.63, 3.8) is 0 Å². The average Bonchev–Trinajstić information content (AvgIpc) is 2.96. The van der Waals surface area contributed by atoms with E-state index in [9.17, 15) is 9.18 Å². The SMILES string of the molecule is O=C(NCCCC1CCCC1)NCc1ccc(F)cc1. The Bertz CT molecular complexity index is 413. The van der Waals surface area contributed by atoms with Crippen molar-refractivity contribution in [2.75, 3.05) is 6.54 Å². The van der Waals surface area contributed by atoms with Gasteiger partial charge in [-0.3, -0.25) is 0 Å². The van der Waals surface area contributed by atoms with E-state index in [1.165, 1.54) is 44.2 Å². The number of urea groups is 1. The Hall–Kier alpha value is -1.58. The third-order valence-electron chi connectivity index (χ3n) is 3.92. The predicted octanol–water partition coefficient (Wildman–Crippen LogP) is 3.60. The van der Waals surface area contributed by atoms with Gasteiger partial charge in [0.25, 0.3) is 0 Å². The number of nitrogens with one attached hydrogen (secondary N) is 2. The molecule has 20 heavy (non-hydrogen) atoms. The topological polar surface area (TPSA) is 41.1 Å². The molecule has 1 aromatic rings. The molecule has 1 aliphatic rings. The zero-order valence-corrected chi connectivity index (χ0v) is 11.8. The molecule has 2 N–H and O–H groups in total. The summed E-state index contributed by atoms with van der Waals surface area (Å²) in [6, 6.07) is 6.00. The molecule has 0 heterocycles. The maximum absolute atomic E-state index is 12.7. The fraction of sp³-hybridized carbons (Fsp3) is 0.562. The van der Waals surface area contributed by atoms with E-state index in [1.54, 1.807) is 12.1 Å². The highest BCUT2D eigenvalue weighted by molar-refractivity contribution is 5.73. The van der Waals surface area contributed by atoms with E-state index >= 15 is 0 Å². The summed E-state index contributed by atoms with van der Waals surface area (Å²) in [5, 5.41) is 5.64. The molecule has 3 nitrogen and oxygen atoms in total. The van der Waals surface area contributed by atoms with Crippen LogP contribution in [0.1, 0.15) is 44.1 Å². The number of hydrogen-bond donors (Lipinski definition) is 2. The number of benzene rings is 1. The van der Waals surface area contributed by atoms with Gasteiger partial charge in [0, 0.05) is 13.1 Å². The van der Waals surface area contributed by atoms with Gasteiger partial charge < -0.3 is 10.6 Å². The largest absolute Gasteiger partial charge is 0.338 e. The summed E-state index contributed by atoms with van der Waals surface area (Å²) in [5.74, 6) is 0.615. The molecule has 1 saturated carbocycles. The van der Waals surface area contributed by atoms with Gasteiger partial charge >= 0.3 is 6.03 Å². The molecule has 1 fully saturated rings. The maximum Gasteiger partial charge on any atom is 0.315 e. The Kier molecular flexibility index (Phi) is 5.84. The standard InChI is InChI=1S/C16H23FN2O/c17-15-9-7-14(8-10-15)12-19-16(20)18-11-3-6-13-4-1-2-5-13/h7-10,13H,1-6,11-12H2,(H2,18,19,20). The van der Waals surface area contributed by atoms with Crippen LogP contribution in [0.2, 0.25) is 0 Å². The molecule has 0 radical (unpaired) electrons. The fourth-order valence-corrected chi connectivity index (χ4v) is 2.74. The first-order valence-corrected chi connectivity index (χ1v) is 7.50. The van der Waals surface area contributed by atoms with Crippen LogP contribution in [0.15, 0.2) is 24.3 Å². The van der Waals surface area contributed by atoms with Crippen LogP contribution < -0.4 is 10.6 Å². The van der Waals surface area contributed by atoms with E-state index in [0.29, 0.717) is 6.54 Å². The first kappa shape index (κ1) is 14.8. The van der Waals surface area contributed by atoms with Crippen molar-refractivity contribution in [3.05, 3.63) is 35.6 Å². The number of hydrogen-bond acceptors (Lipinski definition) is 1. The summed E-state index contributed by atoms with van der Waals surface area (Å²) >= 11 is 0. The van der Waals surface area contributed by atoms with E-state index in [0.717, 1.165) is 24.4 Å². The number of carbonyl (C=O) groups is 1. The highest BCUT2D eigenvalue weighted by Crippen LogP contribution is 2.28. The van der Waals surface area contributed by atoms with Crippen LogP contribution in [-0.4, -0.2) is 12.6 Å². The normalized spacial score (nSPS) is 15.2. The first-order valence-electron chi connectivity index (χ1n) is 7.50. The van der Waals surface area contributed by atoms with Gasteiger partial charge in [-0.1, -0.05) is 37.8 Å². The molecule has 110 valence electrons. The smallest absolute Gasteiger partial charge is 0.315 e. The lowest BCUT2D eigenvalue weighted by Gasteiger charge is -2.10. The minimum atomic E-state index is -0.259. The molecule has 4 heteroatoms. The van der Waals surface area contributed by atoms with Crippen molar-refractivity contribution in [1.29, 1.82) is 0 Å². The van der Waals surface area contributed by atoms with Crippen LogP contribution in [0, 0.1) is 11.7 Å². The quantitative estimate of drug-likeness (QED) is 0.767. The van der Waals surface area contributed by atoms with E-state index < -0.39 is 0 Å². The molecule has 1 aromatic carbocycles. The Morgan fingerprint density at radius 2 is 1.85 bits per heavy atom. The van der Waals surface area contributed by atoms with Crippen molar-refractivity contribution < 1.29 is 9.18 Å². The van der Waals surface area contributed by atoms with Crippen molar-refractivity contribution in [1.82, 2.24) is 10.6 Å². The molecule has 0 bridgehead atoms. The van der Waals surface area contributed by atoms with Crippen LogP contribution >= 0.6 is 0 Å². The van der Waals surface area contributed by atoms with E-state index in [-0.39, 0.29) is 11.8 Å². The van der Waals surface area contributed by atoms with Crippen molar-refractivity contribution in [2.45, 2.75) is 45.1 Å². The minimum Gasteiger partial charge on any atom is -0.338 e. The van der Waals surface area contributed by atoms with Crippen LogP contribution in [0.25, 0.3) is 0 Å². The summed E-state index contributed by atoms with van der Waals surface area (Å²) in [5.41, 5.74) is 0.896. The molecule has 0 aromatic heterocycles. The summed E-state index contributed by atoms with van der Waals surface area (Å²) in [7, 11) is 0.